The van der Waals surface area contributed by atoms with Crippen LogP contribution in [0, 0.1) is 5.82 Å². The Bertz CT molecular complexity index is 564. The van der Waals surface area contributed by atoms with Crippen LogP contribution in [0.2, 0.25) is 0 Å². The van der Waals surface area contributed by atoms with Crippen molar-refractivity contribution in [2.75, 3.05) is 13.1 Å². The predicted octanol–water partition coefficient (Wildman–Crippen LogP) is 3.79. The minimum absolute atomic E-state index is 0.219. The zero-order chi connectivity index (χ0) is 12.5. The Morgan fingerprint density at radius 3 is 3.11 bits per heavy atom. The van der Waals surface area contributed by atoms with E-state index in [1.807, 2.05) is 5.38 Å². The lowest BCUT2D eigenvalue weighted by Crippen LogP contribution is -2.08. The summed E-state index contributed by atoms with van der Waals surface area (Å²) >= 11 is 4.88. The van der Waals surface area contributed by atoms with Crippen molar-refractivity contribution in [3.63, 3.8) is 0 Å². The van der Waals surface area contributed by atoms with E-state index in [0.29, 0.717) is 11.5 Å². The quantitative estimate of drug-likeness (QED) is 0.908. The Balaban J connectivity index is 1.94. The highest BCUT2D eigenvalue weighted by Crippen LogP contribution is 2.32. The van der Waals surface area contributed by atoms with Crippen molar-refractivity contribution in [2.24, 2.45) is 0 Å². The van der Waals surface area contributed by atoms with E-state index < -0.39 is 0 Å². The van der Waals surface area contributed by atoms with Gasteiger partial charge in [0.15, 0.2) is 0 Å². The molecule has 1 unspecified atom stereocenters. The summed E-state index contributed by atoms with van der Waals surface area (Å²) in [6, 6.07) is 4.96. The fourth-order valence-corrected chi connectivity index (χ4v) is 3.45. The molecule has 1 aliphatic heterocycles. The first-order chi connectivity index (χ1) is 8.74. The van der Waals surface area contributed by atoms with Crippen molar-refractivity contribution in [3.05, 3.63) is 39.6 Å². The summed E-state index contributed by atoms with van der Waals surface area (Å²) in [5.74, 6) is 0.258. The van der Waals surface area contributed by atoms with E-state index in [9.17, 15) is 4.39 Å². The number of aromatic nitrogens is 1. The third-order valence-corrected chi connectivity index (χ3v) is 4.55. The lowest BCUT2D eigenvalue weighted by molar-refractivity contribution is 0.630. The first-order valence-electron chi connectivity index (χ1n) is 5.85. The number of hydrogen-bond acceptors (Lipinski definition) is 3. The summed E-state index contributed by atoms with van der Waals surface area (Å²) in [5.41, 5.74) is 1.66. The van der Waals surface area contributed by atoms with Gasteiger partial charge < -0.3 is 5.32 Å². The van der Waals surface area contributed by atoms with Gasteiger partial charge in [-0.2, -0.15) is 0 Å². The molecule has 2 aromatic rings. The first-order valence-corrected chi connectivity index (χ1v) is 7.53. The van der Waals surface area contributed by atoms with Crippen molar-refractivity contribution in [3.8, 4) is 10.6 Å². The van der Waals surface area contributed by atoms with Crippen LogP contribution in [-0.2, 0) is 0 Å². The highest BCUT2D eigenvalue weighted by atomic mass is 79.9. The van der Waals surface area contributed by atoms with Gasteiger partial charge in [-0.25, -0.2) is 9.37 Å². The summed E-state index contributed by atoms with van der Waals surface area (Å²) < 4.78 is 14.6. The second-order valence-corrected chi connectivity index (χ2v) is 6.17. The van der Waals surface area contributed by atoms with Gasteiger partial charge in [0.05, 0.1) is 5.69 Å². The molecule has 0 radical (unpaired) electrons. The smallest absolute Gasteiger partial charge is 0.133 e. The second-order valence-electron chi connectivity index (χ2n) is 4.39. The maximum atomic E-state index is 13.8. The van der Waals surface area contributed by atoms with Gasteiger partial charge in [-0.3, -0.25) is 0 Å². The van der Waals surface area contributed by atoms with E-state index in [1.54, 1.807) is 12.1 Å². The molecule has 1 fully saturated rings. The number of benzene rings is 1. The third-order valence-electron chi connectivity index (χ3n) is 3.16. The summed E-state index contributed by atoms with van der Waals surface area (Å²) in [4.78, 5) is 4.58. The van der Waals surface area contributed by atoms with Crippen LogP contribution in [0.15, 0.2) is 28.1 Å². The molecule has 2 heterocycles. The Hall–Kier alpha value is -0.780. The second kappa shape index (κ2) is 5.07. The molecule has 0 spiro atoms. The normalized spacial score (nSPS) is 19.3. The highest BCUT2D eigenvalue weighted by molar-refractivity contribution is 9.10. The standard InChI is InChI=1S/C13H12BrFN2S/c14-9-1-2-11(15)10(5-9)13-17-12(7-18-13)8-3-4-16-6-8/h1-2,5,7-8,16H,3-4,6H2. The molecule has 1 saturated heterocycles. The predicted molar refractivity (Wildman–Crippen MR) is 75.4 cm³/mol. The van der Waals surface area contributed by atoms with Gasteiger partial charge in [0.25, 0.3) is 0 Å². The fourth-order valence-electron chi connectivity index (χ4n) is 2.17. The Morgan fingerprint density at radius 1 is 1.44 bits per heavy atom. The van der Waals surface area contributed by atoms with Crippen LogP contribution in [0.1, 0.15) is 18.0 Å². The third kappa shape index (κ3) is 2.35. The van der Waals surface area contributed by atoms with Crippen LogP contribution >= 0.6 is 27.3 Å². The topological polar surface area (TPSA) is 24.9 Å². The maximum Gasteiger partial charge on any atom is 0.133 e. The van der Waals surface area contributed by atoms with Crippen LogP contribution < -0.4 is 5.32 Å². The monoisotopic (exact) mass is 326 g/mol. The van der Waals surface area contributed by atoms with Crippen LogP contribution in [0.3, 0.4) is 0 Å². The van der Waals surface area contributed by atoms with Crippen LogP contribution in [0.4, 0.5) is 4.39 Å². The van der Waals surface area contributed by atoms with Gasteiger partial charge >= 0.3 is 0 Å². The highest BCUT2D eigenvalue weighted by Gasteiger charge is 2.20. The molecule has 0 bridgehead atoms. The zero-order valence-corrected chi connectivity index (χ0v) is 12.0. The zero-order valence-electron chi connectivity index (χ0n) is 9.62. The average molecular weight is 327 g/mol. The minimum atomic E-state index is -0.219. The van der Waals surface area contributed by atoms with Crippen molar-refractivity contribution < 1.29 is 4.39 Å². The summed E-state index contributed by atoms with van der Waals surface area (Å²) in [7, 11) is 0. The van der Waals surface area contributed by atoms with E-state index in [4.69, 9.17) is 0 Å². The van der Waals surface area contributed by atoms with Gasteiger partial charge in [0.2, 0.25) is 0 Å². The molecule has 1 aromatic heterocycles. The molecular formula is C13H12BrFN2S. The van der Waals surface area contributed by atoms with Gasteiger partial charge in [0.1, 0.15) is 10.8 Å². The summed E-state index contributed by atoms with van der Waals surface area (Å²) in [5, 5.41) is 6.13. The van der Waals surface area contributed by atoms with E-state index >= 15 is 0 Å². The van der Waals surface area contributed by atoms with Crippen LogP contribution in [-0.4, -0.2) is 18.1 Å². The first kappa shape index (κ1) is 12.3. The van der Waals surface area contributed by atoms with E-state index in [0.717, 1.165) is 34.7 Å². The number of thiazole rings is 1. The molecule has 18 heavy (non-hydrogen) atoms. The molecular weight excluding hydrogens is 315 g/mol. The molecule has 94 valence electrons. The molecule has 0 aliphatic carbocycles. The van der Waals surface area contributed by atoms with Gasteiger partial charge in [-0.05, 0) is 31.2 Å². The fraction of sp³-hybridized carbons (Fsp3) is 0.308. The van der Waals surface area contributed by atoms with Gasteiger partial charge in [-0.1, -0.05) is 15.9 Å². The van der Waals surface area contributed by atoms with E-state index in [1.165, 1.54) is 17.4 Å². The van der Waals surface area contributed by atoms with Crippen LogP contribution in [0.25, 0.3) is 10.6 Å². The SMILES string of the molecule is Fc1ccc(Br)cc1-c1nc(C2CCNC2)cs1. The van der Waals surface area contributed by atoms with Crippen molar-refractivity contribution in [2.45, 2.75) is 12.3 Å². The molecule has 5 heteroatoms. The van der Waals surface area contributed by atoms with Crippen molar-refractivity contribution in [1.29, 1.82) is 0 Å². The lowest BCUT2D eigenvalue weighted by Gasteiger charge is -2.03. The molecule has 1 atom stereocenters. The number of hydrogen-bond donors (Lipinski definition) is 1. The molecule has 0 saturated carbocycles. The van der Waals surface area contributed by atoms with Gasteiger partial charge in [0, 0.05) is 27.9 Å². The minimum Gasteiger partial charge on any atom is -0.316 e. The lowest BCUT2D eigenvalue weighted by atomic mass is 10.1. The van der Waals surface area contributed by atoms with E-state index in [-0.39, 0.29) is 5.82 Å². The number of halogens is 2. The molecule has 1 N–H and O–H groups in total. The Kier molecular flexibility index (Phi) is 3.46. The number of rotatable bonds is 2. The molecule has 2 nitrogen and oxygen atoms in total. The van der Waals surface area contributed by atoms with Crippen molar-refractivity contribution in [1.82, 2.24) is 10.3 Å². The molecule has 0 amide bonds. The average Bonchev–Trinajstić information content (AvgIpc) is 3.00. The number of nitrogens with one attached hydrogen (secondary N) is 1. The molecule has 1 aromatic carbocycles. The Labute approximate surface area is 117 Å². The molecule has 1 aliphatic rings. The largest absolute Gasteiger partial charge is 0.316 e. The van der Waals surface area contributed by atoms with E-state index in [2.05, 4.69) is 26.2 Å². The maximum absolute atomic E-state index is 13.8. The Morgan fingerprint density at radius 2 is 2.33 bits per heavy atom. The van der Waals surface area contributed by atoms with Gasteiger partial charge in [-0.15, -0.1) is 11.3 Å². The van der Waals surface area contributed by atoms with Crippen LogP contribution in [0.5, 0.6) is 0 Å². The summed E-state index contributed by atoms with van der Waals surface area (Å²) in [6.07, 6.45) is 1.12. The number of nitrogens with zero attached hydrogens (tertiary/aromatic N) is 1. The van der Waals surface area contributed by atoms with Crippen molar-refractivity contribution >= 4 is 27.3 Å². The molecule has 3 rings (SSSR count). The summed E-state index contributed by atoms with van der Waals surface area (Å²) in [6.45, 7) is 2.02.